The number of hydrogen-bond acceptors (Lipinski definition) is 3. The Labute approximate surface area is 141 Å². The van der Waals surface area contributed by atoms with Crippen molar-refractivity contribution >= 4 is 28.0 Å². The number of carbonyl (C=O) groups is 1. The van der Waals surface area contributed by atoms with Crippen LogP contribution in [0.1, 0.15) is 44.1 Å². The van der Waals surface area contributed by atoms with Crippen molar-refractivity contribution in [3.05, 3.63) is 35.9 Å². The maximum atomic E-state index is 11.0. The molecule has 0 saturated carbocycles. The number of carbonyl (C=O) groups excluding carboxylic acids is 1. The number of rotatable bonds is 11. The van der Waals surface area contributed by atoms with Gasteiger partial charge < -0.3 is 9.47 Å². The number of alkyl halides is 1. The summed E-state index contributed by atoms with van der Waals surface area (Å²) in [4.78, 5) is 11.0. The van der Waals surface area contributed by atoms with E-state index in [9.17, 15) is 4.79 Å². The number of halogens is 1. The third-order valence-electron chi connectivity index (χ3n) is 3.29. The first-order chi connectivity index (χ1) is 10.8. The van der Waals surface area contributed by atoms with Crippen molar-refractivity contribution in [2.45, 2.75) is 38.5 Å². The molecule has 0 aromatic heterocycles. The Bertz CT molecular complexity index is 440. The third-order valence-corrected chi connectivity index (χ3v) is 3.85. The van der Waals surface area contributed by atoms with Gasteiger partial charge in [-0.25, -0.2) is 4.79 Å². The Hall–Kier alpha value is -1.29. The molecular formula is C18H25BrO3. The van der Waals surface area contributed by atoms with Gasteiger partial charge >= 0.3 is 5.97 Å². The second-order valence-electron chi connectivity index (χ2n) is 5.08. The van der Waals surface area contributed by atoms with Crippen LogP contribution in [0.15, 0.2) is 30.3 Å². The van der Waals surface area contributed by atoms with Crippen LogP contribution >= 0.6 is 15.9 Å². The maximum Gasteiger partial charge on any atom is 0.330 e. The summed E-state index contributed by atoms with van der Waals surface area (Å²) < 4.78 is 10.3. The van der Waals surface area contributed by atoms with Crippen LogP contribution in [0, 0.1) is 0 Å². The topological polar surface area (TPSA) is 35.5 Å². The summed E-state index contributed by atoms with van der Waals surface area (Å²) in [6.07, 6.45) is 10.6. The van der Waals surface area contributed by atoms with Crippen molar-refractivity contribution in [1.82, 2.24) is 0 Å². The number of unbranched alkanes of at least 4 members (excludes halogenated alkanes) is 5. The van der Waals surface area contributed by atoms with Crippen molar-refractivity contribution in [1.29, 1.82) is 0 Å². The van der Waals surface area contributed by atoms with E-state index in [2.05, 4.69) is 20.7 Å². The maximum absolute atomic E-state index is 11.0. The Morgan fingerprint density at radius 3 is 2.32 bits per heavy atom. The molecular weight excluding hydrogens is 344 g/mol. The van der Waals surface area contributed by atoms with Crippen LogP contribution in [-0.2, 0) is 9.53 Å². The van der Waals surface area contributed by atoms with Gasteiger partial charge in [-0.2, -0.15) is 0 Å². The highest BCUT2D eigenvalue weighted by Gasteiger charge is 1.96. The molecule has 0 atom stereocenters. The van der Waals surface area contributed by atoms with Gasteiger partial charge in [0.2, 0.25) is 0 Å². The van der Waals surface area contributed by atoms with E-state index in [1.165, 1.54) is 45.3 Å². The van der Waals surface area contributed by atoms with Crippen LogP contribution in [0.25, 0.3) is 6.08 Å². The van der Waals surface area contributed by atoms with Gasteiger partial charge in [0.15, 0.2) is 0 Å². The van der Waals surface area contributed by atoms with Crippen LogP contribution in [-0.4, -0.2) is 25.0 Å². The largest absolute Gasteiger partial charge is 0.494 e. The zero-order valence-electron chi connectivity index (χ0n) is 13.2. The molecule has 0 aliphatic carbocycles. The van der Waals surface area contributed by atoms with Gasteiger partial charge in [-0.05, 0) is 36.6 Å². The predicted molar refractivity (Wildman–Crippen MR) is 94.5 cm³/mol. The minimum Gasteiger partial charge on any atom is -0.494 e. The van der Waals surface area contributed by atoms with E-state index in [4.69, 9.17) is 4.74 Å². The molecule has 0 spiro atoms. The first kappa shape index (κ1) is 18.8. The quantitative estimate of drug-likeness (QED) is 0.239. The summed E-state index contributed by atoms with van der Waals surface area (Å²) in [6.45, 7) is 0.760. The van der Waals surface area contributed by atoms with Gasteiger partial charge in [-0.1, -0.05) is 53.7 Å². The summed E-state index contributed by atoms with van der Waals surface area (Å²) in [7, 11) is 1.37. The molecule has 3 nitrogen and oxygen atoms in total. The van der Waals surface area contributed by atoms with E-state index >= 15 is 0 Å². The first-order valence-electron chi connectivity index (χ1n) is 7.81. The van der Waals surface area contributed by atoms with Gasteiger partial charge in [0.05, 0.1) is 13.7 Å². The monoisotopic (exact) mass is 368 g/mol. The molecule has 122 valence electrons. The molecule has 0 aliphatic heterocycles. The van der Waals surface area contributed by atoms with E-state index in [0.717, 1.165) is 29.7 Å². The molecule has 0 radical (unpaired) electrons. The van der Waals surface area contributed by atoms with E-state index in [1.54, 1.807) is 6.08 Å². The van der Waals surface area contributed by atoms with Crippen molar-refractivity contribution in [2.75, 3.05) is 19.0 Å². The van der Waals surface area contributed by atoms with Crippen LogP contribution in [0.4, 0.5) is 0 Å². The van der Waals surface area contributed by atoms with E-state index < -0.39 is 0 Å². The third kappa shape index (κ3) is 8.88. The molecule has 0 bridgehead atoms. The highest BCUT2D eigenvalue weighted by atomic mass is 79.9. The fraction of sp³-hybridized carbons (Fsp3) is 0.500. The lowest BCUT2D eigenvalue weighted by Crippen LogP contribution is -1.97. The van der Waals surface area contributed by atoms with Crippen LogP contribution < -0.4 is 4.74 Å². The molecule has 0 saturated heterocycles. The molecule has 0 N–H and O–H groups in total. The highest BCUT2D eigenvalue weighted by Crippen LogP contribution is 2.14. The second-order valence-corrected chi connectivity index (χ2v) is 5.88. The Morgan fingerprint density at radius 1 is 1.05 bits per heavy atom. The lowest BCUT2D eigenvalue weighted by atomic mass is 10.1. The molecule has 1 aromatic rings. The number of benzene rings is 1. The zero-order chi connectivity index (χ0) is 16.0. The lowest BCUT2D eigenvalue weighted by molar-refractivity contribution is -0.134. The Morgan fingerprint density at radius 2 is 1.68 bits per heavy atom. The fourth-order valence-electron chi connectivity index (χ4n) is 2.00. The number of methoxy groups -OCH3 is 1. The molecule has 22 heavy (non-hydrogen) atoms. The minimum atomic E-state index is -0.350. The highest BCUT2D eigenvalue weighted by molar-refractivity contribution is 9.09. The predicted octanol–water partition coefficient (Wildman–Crippen LogP) is 4.99. The Balaban J connectivity index is 2.16. The first-order valence-corrected chi connectivity index (χ1v) is 8.93. The van der Waals surface area contributed by atoms with Crippen molar-refractivity contribution in [3.63, 3.8) is 0 Å². The van der Waals surface area contributed by atoms with Crippen molar-refractivity contribution in [2.24, 2.45) is 0 Å². The normalized spacial score (nSPS) is 10.8. The van der Waals surface area contributed by atoms with Crippen LogP contribution in [0.2, 0.25) is 0 Å². The standard InChI is InChI=1S/C18H25BrO3/c1-21-18(20)13-10-16-8-11-17(12-9-16)22-15-7-5-3-2-4-6-14-19/h8-13H,2-7,14-15H2,1H3/b13-10+. The van der Waals surface area contributed by atoms with Gasteiger partial charge in [0.1, 0.15) is 5.75 Å². The minimum absolute atomic E-state index is 0.350. The van der Waals surface area contributed by atoms with Gasteiger partial charge in [-0.15, -0.1) is 0 Å². The van der Waals surface area contributed by atoms with Crippen molar-refractivity contribution < 1.29 is 14.3 Å². The molecule has 1 rings (SSSR count). The SMILES string of the molecule is COC(=O)/C=C/c1ccc(OCCCCCCCCBr)cc1. The molecule has 0 fully saturated rings. The number of hydrogen-bond donors (Lipinski definition) is 0. The molecule has 0 amide bonds. The molecule has 0 unspecified atom stereocenters. The van der Waals surface area contributed by atoms with Crippen LogP contribution in [0.5, 0.6) is 5.75 Å². The van der Waals surface area contributed by atoms with Gasteiger partial charge in [0, 0.05) is 11.4 Å². The summed E-state index contributed by atoms with van der Waals surface area (Å²) >= 11 is 3.45. The van der Waals surface area contributed by atoms with Gasteiger partial charge in [-0.3, -0.25) is 0 Å². The van der Waals surface area contributed by atoms with E-state index in [1.807, 2.05) is 24.3 Å². The smallest absolute Gasteiger partial charge is 0.330 e. The molecule has 0 aliphatic rings. The molecule has 4 heteroatoms. The summed E-state index contributed by atoms with van der Waals surface area (Å²) in [5.74, 6) is 0.519. The number of esters is 1. The van der Waals surface area contributed by atoms with Crippen molar-refractivity contribution in [3.8, 4) is 5.75 Å². The van der Waals surface area contributed by atoms with E-state index in [0.29, 0.717) is 0 Å². The Kier molecular flexibility index (Phi) is 10.5. The molecule has 0 heterocycles. The summed E-state index contributed by atoms with van der Waals surface area (Å²) in [5, 5.41) is 1.11. The van der Waals surface area contributed by atoms with E-state index in [-0.39, 0.29) is 5.97 Å². The summed E-state index contributed by atoms with van der Waals surface area (Å²) in [5.41, 5.74) is 0.949. The average molecular weight is 369 g/mol. The lowest BCUT2D eigenvalue weighted by Gasteiger charge is -2.06. The number of ether oxygens (including phenoxy) is 2. The zero-order valence-corrected chi connectivity index (χ0v) is 14.8. The summed E-state index contributed by atoms with van der Waals surface area (Å²) in [6, 6.07) is 7.70. The average Bonchev–Trinajstić information content (AvgIpc) is 2.56. The van der Waals surface area contributed by atoms with Gasteiger partial charge in [0.25, 0.3) is 0 Å². The van der Waals surface area contributed by atoms with Crippen LogP contribution in [0.3, 0.4) is 0 Å². The fourth-order valence-corrected chi connectivity index (χ4v) is 2.40. The second kappa shape index (κ2) is 12.3. The molecule has 1 aromatic carbocycles.